The van der Waals surface area contributed by atoms with Crippen molar-refractivity contribution in [1.82, 2.24) is 0 Å². The summed E-state index contributed by atoms with van der Waals surface area (Å²) >= 11 is 0. The van der Waals surface area contributed by atoms with Gasteiger partial charge in [0, 0.05) is 6.54 Å². The highest BCUT2D eigenvalue weighted by Gasteiger charge is 2.09. The molecule has 0 atom stereocenters. The van der Waals surface area contributed by atoms with Crippen molar-refractivity contribution in [1.29, 1.82) is 0 Å². The van der Waals surface area contributed by atoms with E-state index in [-0.39, 0.29) is 6.61 Å². The molecule has 2 aromatic carbocycles. The SMILES string of the molecule is CCCc1cc(CO)ccc1-c1ccc(OCCN)cc1C. The minimum atomic E-state index is 0.0852. The number of nitrogens with two attached hydrogens (primary N) is 1. The highest BCUT2D eigenvalue weighted by atomic mass is 16.5. The average molecular weight is 299 g/mol. The summed E-state index contributed by atoms with van der Waals surface area (Å²) in [6, 6.07) is 12.4. The Labute approximate surface area is 132 Å². The van der Waals surface area contributed by atoms with Gasteiger partial charge in [0.2, 0.25) is 0 Å². The molecule has 0 amide bonds. The van der Waals surface area contributed by atoms with Gasteiger partial charge in [0.15, 0.2) is 0 Å². The van der Waals surface area contributed by atoms with Crippen LogP contribution in [0.2, 0.25) is 0 Å². The molecule has 0 aliphatic carbocycles. The zero-order valence-electron chi connectivity index (χ0n) is 13.4. The third kappa shape index (κ3) is 3.87. The second-order valence-corrected chi connectivity index (χ2v) is 5.51. The molecule has 118 valence electrons. The van der Waals surface area contributed by atoms with E-state index in [4.69, 9.17) is 10.5 Å². The third-order valence-electron chi connectivity index (χ3n) is 3.75. The Morgan fingerprint density at radius 1 is 1.09 bits per heavy atom. The fourth-order valence-corrected chi connectivity index (χ4v) is 2.69. The van der Waals surface area contributed by atoms with Crippen molar-refractivity contribution >= 4 is 0 Å². The molecule has 2 rings (SSSR count). The van der Waals surface area contributed by atoms with Gasteiger partial charge in [-0.1, -0.05) is 37.6 Å². The van der Waals surface area contributed by atoms with E-state index in [9.17, 15) is 5.11 Å². The van der Waals surface area contributed by atoms with Crippen LogP contribution in [0.1, 0.15) is 30.0 Å². The van der Waals surface area contributed by atoms with E-state index in [0.29, 0.717) is 13.2 Å². The van der Waals surface area contributed by atoms with Crippen LogP contribution in [-0.4, -0.2) is 18.3 Å². The van der Waals surface area contributed by atoms with Crippen LogP contribution in [-0.2, 0) is 13.0 Å². The fourth-order valence-electron chi connectivity index (χ4n) is 2.69. The van der Waals surface area contributed by atoms with E-state index in [1.165, 1.54) is 22.3 Å². The van der Waals surface area contributed by atoms with Crippen LogP contribution in [0.4, 0.5) is 0 Å². The van der Waals surface area contributed by atoms with Crippen molar-refractivity contribution < 1.29 is 9.84 Å². The molecule has 0 aliphatic rings. The van der Waals surface area contributed by atoms with Crippen molar-refractivity contribution in [3.05, 3.63) is 53.1 Å². The van der Waals surface area contributed by atoms with E-state index in [0.717, 1.165) is 24.2 Å². The third-order valence-corrected chi connectivity index (χ3v) is 3.75. The predicted molar refractivity (Wildman–Crippen MR) is 91.1 cm³/mol. The number of benzene rings is 2. The second kappa shape index (κ2) is 7.97. The Hall–Kier alpha value is -1.84. The normalized spacial score (nSPS) is 10.7. The van der Waals surface area contributed by atoms with Crippen molar-refractivity contribution in [2.75, 3.05) is 13.2 Å². The van der Waals surface area contributed by atoms with Crippen LogP contribution in [0.5, 0.6) is 5.75 Å². The molecule has 0 saturated heterocycles. The minimum absolute atomic E-state index is 0.0852. The molecule has 0 radical (unpaired) electrons. The molecular formula is C19H25NO2. The van der Waals surface area contributed by atoms with Crippen LogP contribution in [0.15, 0.2) is 36.4 Å². The van der Waals surface area contributed by atoms with Gasteiger partial charge in [-0.25, -0.2) is 0 Å². The lowest BCUT2D eigenvalue weighted by molar-refractivity contribution is 0.281. The van der Waals surface area contributed by atoms with Crippen LogP contribution < -0.4 is 10.5 Å². The van der Waals surface area contributed by atoms with E-state index < -0.39 is 0 Å². The smallest absolute Gasteiger partial charge is 0.119 e. The second-order valence-electron chi connectivity index (χ2n) is 5.51. The molecule has 3 heteroatoms. The van der Waals surface area contributed by atoms with Gasteiger partial charge in [-0.2, -0.15) is 0 Å². The van der Waals surface area contributed by atoms with Crippen LogP contribution in [0.3, 0.4) is 0 Å². The summed E-state index contributed by atoms with van der Waals surface area (Å²) in [6.07, 6.45) is 2.09. The Kier molecular flexibility index (Phi) is 5.99. The highest BCUT2D eigenvalue weighted by molar-refractivity contribution is 5.71. The number of hydrogen-bond acceptors (Lipinski definition) is 3. The molecule has 0 unspecified atom stereocenters. The molecule has 22 heavy (non-hydrogen) atoms. The summed E-state index contributed by atoms with van der Waals surface area (Å²) in [5.74, 6) is 0.857. The van der Waals surface area contributed by atoms with Gasteiger partial charge in [-0.15, -0.1) is 0 Å². The lowest BCUT2D eigenvalue weighted by Crippen LogP contribution is -2.10. The molecule has 0 spiro atoms. The zero-order valence-corrected chi connectivity index (χ0v) is 13.4. The van der Waals surface area contributed by atoms with Crippen molar-refractivity contribution in [3.8, 4) is 16.9 Å². The quantitative estimate of drug-likeness (QED) is 0.823. The Balaban J connectivity index is 2.38. The van der Waals surface area contributed by atoms with Gasteiger partial charge in [-0.05, 0) is 53.3 Å². The lowest BCUT2D eigenvalue weighted by Gasteiger charge is -2.14. The maximum Gasteiger partial charge on any atom is 0.119 e. The van der Waals surface area contributed by atoms with Gasteiger partial charge >= 0.3 is 0 Å². The molecule has 0 fully saturated rings. The average Bonchev–Trinajstić information content (AvgIpc) is 2.53. The Bertz CT molecular complexity index is 623. The fraction of sp³-hybridized carbons (Fsp3) is 0.368. The molecule has 3 N–H and O–H groups in total. The maximum atomic E-state index is 9.34. The predicted octanol–water partition coefficient (Wildman–Crippen LogP) is 3.44. The van der Waals surface area contributed by atoms with Gasteiger partial charge in [0.1, 0.15) is 12.4 Å². The van der Waals surface area contributed by atoms with Gasteiger partial charge in [0.25, 0.3) is 0 Å². The summed E-state index contributed by atoms with van der Waals surface area (Å²) in [5.41, 5.74) is 11.4. The largest absolute Gasteiger partial charge is 0.492 e. The topological polar surface area (TPSA) is 55.5 Å². The first-order valence-electron chi connectivity index (χ1n) is 7.86. The van der Waals surface area contributed by atoms with E-state index in [1.807, 2.05) is 12.1 Å². The number of aliphatic hydroxyl groups is 1. The first-order chi connectivity index (χ1) is 10.7. The molecule has 0 aromatic heterocycles. The lowest BCUT2D eigenvalue weighted by atomic mass is 9.92. The first kappa shape index (κ1) is 16.5. The van der Waals surface area contributed by atoms with Gasteiger partial charge in [-0.3, -0.25) is 0 Å². The van der Waals surface area contributed by atoms with Gasteiger partial charge in [0.05, 0.1) is 6.61 Å². The van der Waals surface area contributed by atoms with Crippen molar-refractivity contribution in [2.45, 2.75) is 33.3 Å². The summed E-state index contributed by atoms with van der Waals surface area (Å²) in [6.45, 7) is 5.41. The summed E-state index contributed by atoms with van der Waals surface area (Å²) in [4.78, 5) is 0. The summed E-state index contributed by atoms with van der Waals surface area (Å²) in [5, 5.41) is 9.34. The molecule has 0 saturated carbocycles. The van der Waals surface area contributed by atoms with Crippen molar-refractivity contribution in [3.63, 3.8) is 0 Å². The number of ether oxygens (including phenoxy) is 1. The molecule has 0 aliphatic heterocycles. The standard InChI is InChI=1S/C19H25NO2/c1-3-4-16-12-15(13-21)5-7-19(16)18-8-6-17(11-14(18)2)22-10-9-20/h5-8,11-12,21H,3-4,9-10,13,20H2,1-2H3. The van der Waals surface area contributed by atoms with E-state index >= 15 is 0 Å². The molecule has 0 bridgehead atoms. The first-order valence-corrected chi connectivity index (χ1v) is 7.86. The maximum absolute atomic E-state index is 9.34. The Morgan fingerprint density at radius 3 is 2.50 bits per heavy atom. The van der Waals surface area contributed by atoms with Crippen LogP contribution in [0.25, 0.3) is 11.1 Å². The molecular weight excluding hydrogens is 274 g/mol. The number of rotatable bonds is 7. The highest BCUT2D eigenvalue weighted by Crippen LogP contribution is 2.31. The van der Waals surface area contributed by atoms with Gasteiger partial charge < -0.3 is 15.6 Å². The number of hydrogen-bond donors (Lipinski definition) is 2. The number of aliphatic hydroxyl groups excluding tert-OH is 1. The minimum Gasteiger partial charge on any atom is -0.492 e. The zero-order chi connectivity index (χ0) is 15.9. The summed E-state index contributed by atoms with van der Waals surface area (Å²) < 4.78 is 5.58. The van der Waals surface area contributed by atoms with E-state index in [2.05, 4.69) is 38.1 Å². The monoisotopic (exact) mass is 299 g/mol. The van der Waals surface area contributed by atoms with Crippen LogP contribution >= 0.6 is 0 Å². The van der Waals surface area contributed by atoms with E-state index in [1.54, 1.807) is 0 Å². The summed E-state index contributed by atoms with van der Waals surface area (Å²) in [7, 11) is 0. The molecule has 2 aromatic rings. The van der Waals surface area contributed by atoms with Crippen molar-refractivity contribution in [2.24, 2.45) is 5.73 Å². The molecule has 3 nitrogen and oxygen atoms in total. The Morgan fingerprint density at radius 2 is 1.86 bits per heavy atom. The van der Waals surface area contributed by atoms with Crippen LogP contribution in [0, 0.1) is 6.92 Å². The molecule has 0 heterocycles. The number of aryl methyl sites for hydroxylation is 2.